The minimum Gasteiger partial charge on any atom is -0.348 e. The van der Waals surface area contributed by atoms with Crippen molar-refractivity contribution in [1.29, 1.82) is 0 Å². The Balaban J connectivity index is 1.03. The van der Waals surface area contributed by atoms with E-state index in [-0.39, 0.29) is 24.7 Å². The lowest BCUT2D eigenvalue weighted by Crippen LogP contribution is -2.64. The van der Waals surface area contributed by atoms with Gasteiger partial charge in [-0.25, -0.2) is 18.7 Å². The standard InChI is InChI=1S/C24H26F2N6O2S2/c25-24(26)3-6-31(7-4-24)23-28-18-2-1-16(13-19(18)36-23)21(33)32-14-17(15-32)29-8-10-30(11-9-29)22(34)20-27-5-12-35-20/h1-2,5,12-13,17H,3-4,6-11,14-15H2. The van der Waals surface area contributed by atoms with Crippen molar-refractivity contribution in [3.63, 3.8) is 0 Å². The van der Waals surface area contributed by atoms with Gasteiger partial charge in [-0.05, 0) is 18.2 Å². The van der Waals surface area contributed by atoms with Gasteiger partial charge >= 0.3 is 0 Å². The molecule has 0 atom stereocenters. The summed E-state index contributed by atoms with van der Waals surface area (Å²) in [6.45, 7) is 4.86. The molecule has 1 aromatic carbocycles. The summed E-state index contributed by atoms with van der Waals surface area (Å²) in [6, 6.07) is 5.82. The summed E-state index contributed by atoms with van der Waals surface area (Å²) in [4.78, 5) is 42.3. The Labute approximate surface area is 215 Å². The number of aromatic nitrogens is 2. The van der Waals surface area contributed by atoms with Crippen molar-refractivity contribution in [2.75, 3.05) is 57.3 Å². The molecule has 6 rings (SSSR count). The summed E-state index contributed by atoms with van der Waals surface area (Å²) in [7, 11) is 0. The number of carbonyl (C=O) groups excluding carboxylic acids is 2. The second kappa shape index (κ2) is 9.31. The fourth-order valence-electron chi connectivity index (χ4n) is 5.00. The van der Waals surface area contributed by atoms with Crippen molar-refractivity contribution in [2.45, 2.75) is 24.8 Å². The number of hydrogen-bond donors (Lipinski definition) is 0. The molecule has 3 aliphatic rings. The van der Waals surface area contributed by atoms with E-state index in [4.69, 9.17) is 0 Å². The topological polar surface area (TPSA) is 72.9 Å². The molecule has 0 unspecified atom stereocenters. The van der Waals surface area contributed by atoms with Crippen molar-refractivity contribution < 1.29 is 18.4 Å². The molecule has 0 spiro atoms. The van der Waals surface area contributed by atoms with Crippen molar-refractivity contribution >= 4 is 49.8 Å². The van der Waals surface area contributed by atoms with E-state index < -0.39 is 5.92 Å². The quantitative estimate of drug-likeness (QED) is 0.514. The van der Waals surface area contributed by atoms with Crippen LogP contribution in [0.15, 0.2) is 29.8 Å². The number of fused-ring (bicyclic) bond motifs is 1. The molecular weight excluding hydrogens is 506 g/mol. The monoisotopic (exact) mass is 532 g/mol. The molecule has 8 nitrogen and oxygen atoms in total. The maximum atomic E-state index is 13.5. The number of halogens is 2. The average molecular weight is 533 g/mol. The van der Waals surface area contributed by atoms with E-state index in [0.717, 1.165) is 28.4 Å². The fraction of sp³-hybridized carbons (Fsp3) is 0.500. The molecule has 3 saturated heterocycles. The SMILES string of the molecule is O=C(c1ccc2nc(N3CCC(F)(F)CC3)sc2c1)N1CC(N2CCN(C(=O)c3nccs3)CC2)C1. The van der Waals surface area contributed by atoms with Crippen molar-refractivity contribution in [3.05, 3.63) is 40.3 Å². The van der Waals surface area contributed by atoms with Crippen LogP contribution in [0, 0.1) is 0 Å². The molecule has 2 aromatic heterocycles. The first kappa shape index (κ1) is 23.7. The molecule has 0 N–H and O–H groups in total. The highest BCUT2D eigenvalue weighted by Gasteiger charge is 2.38. The largest absolute Gasteiger partial charge is 0.348 e. The van der Waals surface area contributed by atoms with Crippen LogP contribution in [-0.4, -0.2) is 101 Å². The van der Waals surface area contributed by atoms with E-state index in [1.807, 2.05) is 32.2 Å². The number of thiazole rings is 2. The van der Waals surface area contributed by atoms with Gasteiger partial charge in [0.25, 0.3) is 17.7 Å². The summed E-state index contributed by atoms with van der Waals surface area (Å²) in [5.41, 5.74) is 1.41. The summed E-state index contributed by atoms with van der Waals surface area (Å²) in [5, 5.41) is 3.08. The Morgan fingerprint density at radius 1 is 0.972 bits per heavy atom. The molecule has 36 heavy (non-hydrogen) atoms. The van der Waals surface area contributed by atoms with Crippen molar-refractivity contribution in [3.8, 4) is 0 Å². The number of hydrogen-bond acceptors (Lipinski definition) is 8. The van der Waals surface area contributed by atoms with Gasteiger partial charge in [0.15, 0.2) is 10.1 Å². The Morgan fingerprint density at radius 2 is 1.72 bits per heavy atom. The number of likely N-dealkylation sites (tertiary alicyclic amines) is 1. The number of benzene rings is 1. The van der Waals surface area contributed by atoms with Crippen LogP contribution in [0.5, 0.6) is 0 Å². The van der Waals surface area contributed by atoms with Crippen LogP contribution in [0.3, 0.4) is 0 Å². The lowest BCUT2D eigenvalue weighted by Gasteiger charge is -2.48. The lowest BCUT2D eigenvalue weighted by atomic mass is 10.0. The normalized spacial score (nSPS) is 21.1. The summed E-state index contributed by atoms with van der Waals surface area (Å²) >= 11 is 2.82. The number of piperazine rings is 1. The zero-order valence-electron chi connectivity index (χ0n) is 19.6. The highest BCUT2D eigenvalue weighted by molar-refractivity contribution is 7.22. The number of anilines is 1. The third-order valence-corrected chi connectivity index (χ3v) is 9.11. The highest BCUT2D eigenvalue weighted by atomic mass is 32.1. The van der Waals surface area contributed by atoms with Crippen molar-refractivity contribution in [2.24, 2.45) is 0 Å². The first-order valence-electron chi connectivity index (χ1n) is 12.1. The fourth-order valence-corrected chi connectivity index (χ4v) is 6.65. The van der Waals surface area contributed by atoms with E-state index in [2.05, 4.69) is 14.9 Å². The summed E-state index contributed by atoms with van der Waals surface area (Å²) < 4.78 is 27.9. The van der Waals surface area contributed by atoms with Gasteiger partial charge in [-0.2, -0.15) is 0 Å². The smallest absolute Gasteiger partial charge is 0.282 e. The Morgan fingerprint density at radius 3 is 2.42 bits per heavy atom. The zero-order valence-corrected chi connectivity index (χ0v) is 21.2. The van der Waals surface area contributed by atoms with Crippen LogP contribution in [0.1, 0.15) is 33.0 Å². The lowest BCUT2D eigenvalue weighted by molar-refractivity contribution is -0.0220. The van der Waals surface area contributed by atoms with Crippen LogP contribution in [0.4, 0.5) is 13.9 Å². The molecule has 5 heterocycles. The molecule has 12 heteroatoms. The van der Waals surface area contributed by atoms with E-state index in [9.17, 15) is 18.4 Å². The molecule has 0 radical (unpaired) electrons. The number of carbonyl (C=O) groups is 2. The van der Waals surface area contributed by atoms with Gasteiger partial charge in [-0.3, -0.25) is 14.5 Å². The van der Waals surface area contributed by atoms with Gasteiger partial charge in [-0.1, -0.05) is 11.3 Å². The summed E-state index contributed by atoms with van der Waals surface area (Å²) in [5.74, 6) is -2.60. The molecular formula is C24H26F2N6O2S2. The van der Waals surface area contributed by atoms with Gasteiger partial charge in [0.2, 0.25) is 0 Å². The minimum absolute atomic E-state index is 0.00158. The number of nitrogens with zero attached hydrogens (tertiary/aromatic N) is 6. The van der Waals surface area contributed by atoms with Gasteiger partial charge in [0, 0.05) is 88.4 Å². The second-order valence-corrected chi connectivity index (χ2v) is 11.5. The maximum Gasteiger partial charge on any atom is 0.282 e. The number of amides is 2. The zero-order chi connectivity index (χ0) is 24.9. The van der Waals surface area contributed by atoms with E-state index in [1.54, 1.807) is 12.3 Å². The number of alkyl halides is 2. The molecule has 0 bridgehead atoms. The van der Waals surface area contributed by atoms with Crippen LogP contribution in [-0.2, 0) is 0 Å². The predicted octanol–water partition coefficient (Wildman–Crippen LogP) is 3.27. The highest BCUT2D eigenvalue weighted by Crippen LogP contribution is 2.35. The molecule has 2 amide bonds. The third-order valence-electron chi connectivity index (χ3n) is 7.27. The van der Waals surface area contributed by atoms with Gasteiger partial charge in [0.05, 0.1) is 10.2 Å². The predicted molar refractivity (Wildman–Crippen MR) is 135 cm³/mol. The second-order valence-electron chi connectivity index (χ2n) is 9.55. The van der Waals surface area contributed by atoms with Crippen LogP contribution >= 0.6 is 22.7 Å². The van der Waals surface area contributed by atoms with E-state index in [1.165, 1.54) is 22.7 Å². The van der Waals surface area contributed by atoms with Crippen LogP contribution in [0.2, 0.25) is 0 Å². The third kappa shape index (κ3) is 4.57. The minimum atomic E-state index is -2.59. The molecule has 3 aromatic rings. The van der Waals surface area contributed by atoms with E-state index >= 15 is 0 Å². The first-order chi connectivity index (χ1) is 17.4. The number of piperidine rings is 1. The molecule has 0 aliphatic carbocycles. The average Bonchev–Trinajstić information content (AvgIpc) is 3.53. The number of rotatable bonds is 4. The van der Waals surface area contributed by atoms with Gasteiger partial charge < -0.3 is 14.7 Å². The molecule has 0 saturated carbocycles. The van der Waals surface area contributed by atoms with Crippen LogP contribution < -0.4 is 4.90 Å². The molecule has 3 fully saturated rings. The van der Waals surface area contributed by atoms with Crippen molar-refractivity contribution in [1.82, 2.24) is 24.7 Å². The Kier molecular flexibility index (Phi) is 6.12. The van der Waals surface area contributed by atoms with E-state index in [0.29, 0.717) is 55.9 Å². The Bertz CT molecular complexity index is 1260. The van der Waals surface area contributed by atoms with Crippen LogP contribution in [0.25, 0.3) is 10.2 Å². The van der Waals surface area contributed by atoms with Gasteiger partial charge in [-0.15, -0.1) is 11.3 Å². The molecule has 3 aliphatic heterocycles. The Hall–Kier alpha value is -2.70. The summed E-state index contributed by atoms with van der Waals surface area (Å²) in [6.07, 6.45) is 1.35. The first-order valence-corrected chi connectivity index (χ1v) is 13.8. The van der Waals surface area contributed by atoms with Gasteiger partial charge in [0.1, 0.15) is 0 Å². The molecule has 190 valence electrons. The maximum absolute atomic E-state index is 13.5.